The third-order valence-electron chi connectivity index (χ3n) is 5.06. The predicted molar refractivity (Wildman–Crippen MR) is 126 cm³/mol. The molecule has 34 heavy (non-hydrogen) atoms. The first-order valence-electron chi connectivity index (χ1n) is 10.4. The van der Waals surface area contributed by atoms with Gasteiger partial charge in [-0.25, -0.2) is 22.2 Å². The van der Waals surface area contributed by atoms with Crippen LogP contribution in [0.4, 0.5) is 20.2 Å². The number of aryl methyl sites for hydroxylation is 1. The number of benzene rings is 2. The summed E-state index contributed by atoms with van der Waals surface area (Å²) in [5.74, 6) is -3.78. The molecule has 0 aliphatic heterocycles. The van der Waals surface area contributed by atoms with Crippen LogP contribution in [0, 0.1) is 18.6 Å². The first-order chi connectivity index (χ1) is 16.2. The van der Waals surface area contributed by atoms with Gasteiger partial charge in [-0.15, -0.1) is 0 Å². The van der Waals surface area contributed by atoms with E-state index in [1.165, 1.54) is 6.20 Å². The molecule has 2 aromatic carbocycles. The number of aromatic nitrogens is 3. The summed E-state index contributed by atoms with van der Waals surface area (Å²) < 4.78 is 55.3. The van der Waals surface area contributed by atoms with E-state index in [1.54, 1.807) is 13.0 Å². The van der Waals surface area contributed by atoms with Crippen molar-refractivity contribution in [2.75, 3.05) is 15.8 Å². The quantitative estimate of drug-likeness (QED) is 0.353. The molecule has 1 amide bonds. The Morgan fingerprint density at radius 2 is 1.85 bits per heavy atom. The standard InChI is InChI=1S/C23H21F2N5O3S/c1-3-10-34(32,33)30-18-9-8-17(24)19(20(18)25)23(31)27-15-11-16-21(28-29-22(16)26-12-15)14-6-4-13(2)5-7-14/h4-9,11-12,30H,3,10H2,1-2H3,(H,27,31)(H,26,28,29). The normalized spacial score (nSPS) is 11.5. The van der Waals surface area contributed by atoms with Gasteiger partial charge >= 0.3 is 0 Å². The Kier molecular flexibility index (Phi) is 6.29. The van der Waals surface area contributed by atoms with E-state index < -0.39 is 38.8 Å². The number of rotatable bonds is 7. The monoisotopic (exact) mass is 485 g/mol. The number of fused-ring (bicyclic) bond motifs is 1. The van der Waals surface area contributed by atoms with E-state index in [9.17, 15) is 22.0 Å². The van der Waals surface area contributed by atoms with E-state index in [2.05, 4.69) is 20.5 Å². The van der Waals surface area contributed by atoms with Crippen LogP contribution in [0.2, 0.25) is 0 Å². The molecule has 0 bridgehead atoms. The second-order valence-corrected chi connectivity index (χ2v) is 9.56. The van der Waals surface area contributed by atoms with Crippen LogP contribution < -0.4 is 10.0 Å². The van der Waals surface area contributed by atoms with Crippen molar-refractivity contribution in [3.8, 4) is 11.3 Å². The van der Waals surface area contributed by atoms with Crippen LogP contribution in [0.5, 0.6) is 0 Å². The number of nitrogens with one attached hydrogen (secondary N) is 3. The first-order valence-corrected chi connectivity index (χ1v) is 12.0. The SMILES string of the molecule is CCCS(=O)(=O)Nc1ccc(F)c(C(=O)Nc2cnc3n[nH]c(-c4ccc(C)cc4)c3c2)c1F. The summed E-state index contributed by atoms with van der Waals surface area (Å²) in [6.07, 6.45) is 1.61. The smallest absolute Gasteiger partial charge is 0.261 e. The van der Waals surface area contributed by atoms with Gasteiger partial charge in [0, 0.05) is 10.9 Å². The van der Waals surface area contributed by atoms with Gasteiger partial charge in [0.2, 0.25) is 10.0 Å². The Bertz CT molecular complexity index is 1480. The molecule has 176 valence electrons. The molecule has 11 heteroatoms. The zero-order valence-corrected chi connectivity index (χ0v) is 19.1. The minimum absolute atomic E-state index is 0.183. The number of carbonyl (C=O) groups excluding carboxylic acids is 1. The van der Waals surface area contributed by atoms with Crippen LogP contribution >= 0.6 is 0 Å². The second-order valence-electron chi connectivity index (χ2n) is 7.72. The van der Waals surface area contributed by atoms with Crippen LogP contribution in [-0.4, -0.2) is 35.3 Å². The summed E-state index contributed by atoms with van der Waals surface area (Å²) in [5.41, 5.74) is 1.77. The molecule has 2 heterocycles. The molecule has 0 aliphatic carbocycles. The lowest BCUT2D eigenvalue weighted by Gasteiger charge is -2.12. The highest BCUT2D eigenvalue weighted by Gasteiger charge is 2.23. The maximum atomic E-state index is 14.9. The maximum absolute atomic E-state index is 14.9. The van der Waals surface area contributed by atoms with Gasteiger partial charge in [0.05, 0.1) is 29.0 Å². The lowest BCUT2D eigenvalue weighted by atomic mass is 10.1. The first kappa shape index (κ1) is 23.3. The van der Waals surface area contributed by atoms with Gasteiger partial charge in [0.25, 0.3) is 5.91 Å². The summed E-state index contributed by atoms with van der Waals surface area (Å²) in [6.45, 7) is 3.61. The number of anilines is 2. The number of aromatic amines is 1. The molecule has 2 aromatic heterocycles. The number of hydrogen-bond donors (Lipinski definition) is 3. The number of halogens is 2. The van der Waals surface area contributed by atoms with Gasteiger partial charge in [0.1, 0.15) is 11.4 Å². The Balaban J connectivity index is 1.65. The van der Waals surface area contributed by atoms with Crippen LogP contribution in [-0.2, 0) is 10.0 Å². The molecule has 0 saturated carbocycles. The molecule has 0 unspecified atom stereocenters. The van der Waals surface area contributed by atoms with Gasteiger partial charge in [-0.1, -0.05) is 36.8 Å². The van der Waals surface area contributed by atoms with Gasteiger partial charge in [-0.05, 0) is 31.5 Å². The zero-order chi connectivity index (χ0) is 24.5. The molecule has 3 N–H and O–H groups in total. The molecule has 0 aliphatic rings. The molecule has 0 saturated heterocycles. The zero-order valence-electron chi connectivity index (χ0n) is 18.3. The van der Waals surface area contributed by atoms with Gasteiger partial charge < -0.3 is 5.32 Å². The summed E-state index contributed by atoms with van der Waals surface area (Å²) in [6, 6.07) is 11.0. The largest absolute Gasteiger partial charge is 0.320 e. The molecular formula is C23H21F2N5O3S. The van der Waals surface area contributed by atoms with Crippen molar-refractivity contribution in [3.05, 3.63) is 71.4 Å². The average Bonchev–Trinajstić information content (AvgIpc) is 3.19. The molecule has 4 aromatic rings. The van der Waals surface area contributed by atoms with Crippen molar-refractivity contribution in [1.29, 1.82) is 0 Å². The van der Waals surface area contributed by atoms with Crippen LogP contribution in [0.3, 0.4) is 0 Å². The number of carbonyl (C=O) groups is 1. The van der Waals surface area contributed by atoms with Gasteiger partial charge in [0.15, 0.2) is 11.5 Å². The van der Waals surface area contributed by atoms with Crippen molar-refractivity contribution < 1.29 is 22.0 Å². The van der Waals surface area contributed by atoms with E-state index in [0.29, 0.717) is 23.1 Å². The van der Waals surface area contributed by atoms with Gasteiger partial charge in [-0.3, -0.25) is 14.6 Å². The topological polar surface area (TPSA) is 117 Å². The number of hydrogen-bond acceptors (Lipinski definition) is 5. The van der Waals surface area contributed by atoms with Crippen LogP contribution in [0.1, 0.15) is 29.3 Å². The molecule has 0 spiro atoms. The van der Waals surface area contributed by atoms with Crippen molar-refractivity contribution in [2.24, 2.45) is 0 Å². The van der Waals surface area contributed by atoms with E-state index >= 15 is 0 Å². The van der Waals surface area contributed by atoms with E-state index in [4.69, 9.17) is 0 Å². The number of pyridine rings is 1. The van der Waals surface area contributed by atoms with E-state index in [1.807, 2.05) is 35.9 Å². The van der Waals surface area contributed by atoms with Crippen LogP contribution in [0.15, 0.2) is 48.7 Å². The fourth-order valence-electron chi connectivity index (χ4n) is 3.43. The van der Waals surface area contributed by atoms with E-state index in [0.717, 1.165) is 23.3 Å². The fourth-order valence-corrected chi connectivity index (χ4v) is 4.56. The van der Waals surface area contributed by atoms with Crippen molar-refractivity contribution in [3.63, 3.8) is 0 Å². The highest BCUT2D eigenvalue weighted by atomic mass is 32.2. The number of H-pyrrole nitrogens is 1. The summed E-state index contributed by atoms with van der Waals surface area (Å²) >= 11 is 0. The molecular weight excluding hydrogens is 464 g/mol. The number of nitrogens with zero attached hydrogens (tertiary/aromatic N) is 2. The minimum Gasteiger partial charge on any atom is -0.320 e. The summed E-state index contributed by atoms with van der Waals surface area (Å²) in [4.78, 5) is 16.9. The minimum atomic E-state index is -3.84. The number of sulfonamides is 1. The third-order valence-corrected chi connectivity index (χ3v) is 6.54. The van der Waals surface area contributed by atoms with Gasteiger partial charge in [-0.2, -0.15) is 5.10 Å². The highest BCUT2D eigenvalue weighted by molar-refractivity contribution is 7.92. The molecule has 0 atom stereocenters. The van der Waals surface area contributed by atoms with Crippen molar-refractivity contribution in [1.82, 2.24) is 15.2 Å². The summed E-state index contributed by atoms with van der Waals surface area (Å²) in [5, 5.41) is 10.1. The van der Waals surface area contributed by atoms with Crippen molar-refractivity contribution in [2.45, 2.75) is 20.3 Å². The molecule has 4 rings (SSSR count). The lowest BCUT2D eigenvalue weighted by Crippen LogP contribution is -2.20. The predicted octanol–water partition coefficient (Wildman–Crippen LogP) is 4.62. The van der Waals surface area contributed by atoms with Crippen LogP contribution in [0.25, 0.3) is 22.3 Å². The molecule has 8 nitrogen and oxygen atoms in total. The average molecular weight is 486 g/mol. The Morgan fingerprint density at radius 3 is 2.56 bits per heavy atom. The Hall–Kier alpha value is -3.86. The Morgan fingerprint density at radius 1 is 1.12 bits per heavy atom. The van der Waals surface area contributed by atoms with Crippen molar-refractivity contribution >= 4 is 38.3 Å². The molecule has 0 radical (unpaired) electrons. The highest BCUT2D eigenvalue weighted by Crippen LogP contribution is 2.28. The number of amides is 1. The third kappa shape index (κ3) is 4.74. The maximum Gasteiger partial charge on any atom is 0.261 e. The second kappa shape index (κ2) is 9.18. The molecule has 0 fully saturated rings. The van der Waals surface area contributed by atoms with E-state index in [-0.39, 0.29) is 11.4 Å². The fraction of sp³-hybridized carbons (Fsp3) is 0.174. The lowest BCUT2D eigenvalue weighted by molar-refractivity contribution is 0.101. The summed E-state index contributed by atoms with van der Waals surface area (Å²) in [7, 11) is -3.84. The Labute approximate surface area is 194 Å².